The van der Waals surface area contributed by atoms with Gasteiger partial charge in [0.1, 0.15) is 17.1 Å². The van der Waals surface area contributed by atoms with Crippen molar-refractivity contribution in [3.05, 3.63) is 53.9 Å². The van der Waals surface area contributed by atoms with Gasteiger partial charge in [0, 0.05) is 19.3 Å². The summed E-state index contributed by atoms with van der Waals surface area (Å²) in [4.78, 5) is 20.0. The first kappa shape index (κ1) is 25.7. The molecule has 0 bridgehead atoms. The van der Waals surface area contributed by atoms with Gasteiger partial charge in [-0.15, -0.1) is 13.2 Å². The summed E-state index contributed by atoms with van der Waals surface area (Å²) >= 11 is 0. The lowest BCUT2D eigenvalue weighted by atomic mass is 9.91. The van der Waals surface area contributed by atoms with E-state index in [0.717, 1.165) is 12.1 Å². The van der Waals surface area contributed by atoms with Crippen molar-refractivity contribution in [2.75, 3.05) is 24.6 Å². The molecule has 0 aliphatic carbocycles. The topological polar surface area (TPSA) is 101 Å². The van der Waals surface area contributed by atoms with E-state index in [2.05, 4.69) is 25.0 Å². The Morgan fingerprint density at radius 2 is 1.92 bits per heavy atom. The molecule has 1 aliphatic rings. The third-order valence-corrected chi connectivity index (χ3v) is 5.78. The number of carbonyl (C=O) groups excluding carboxylic acids is 1. The Balaban J connectivity index is 1.59. The average molecular weight is 508 g/mol. The summed E-state index contributed by atoms with van der Waals surface area (Å²) in [6.07, 6.45) is -1.73. The Kier molecular flexibility index (Phi) is 6.60. The maximum atomic E-state index is 13.3. The van der Waals surface area contributed by atoms with Gasteiger partial charge in [0.15, 0.2) is 5.65 Å². The number of halogens is 3. The van der Waals surface area contributed by atoms with Gasteiger partial charge in [0.25, 0.3) is 5.91 Å². The zero-order valence-electron chi connectivity index (χ0n) is 20.3. The summed E-state index contributed by atoms with van der Waals surface area (Å²) in [5, 5.41) is 17.7. The predicted octanol–water partition coefficient (Wildman–Crippen LogP) is 3.49. The molecule has 4 rings (SSSR count). The van der Waals surface area contributed by atoms with Crippen molar-refractivity contribution < 1.29 is 32.5 Å². The van der Waals surface area contributed by atoms with Gasteiger partial charge >= 0.3 is 6.36 Å². The van der Waals surface area contributed by atoms with Crippen LogP contribution in [-0.4, -0.2) is 62.9 Å². The van der Waals surface area contributed by atoms with Crippen LogP contribution in [-0.2, 0) is 4.74 Å². The van der Waals surface area contributed by atoms with Crippen molar-refractivity contribution in [2.45, 2.75) is 51.3 Å². The molecule has 2 N–H and O–H groups in total. The van der Waals surface area contributed by atoms with Crippen molar-refractivity contribution in [3.8, 4) is 5.75 Å². The SMILES string of the molecule is CC1(C)CN(c2ccn3ncc(C(=O)N[C@@H](c4ccc(OC(F)(F)F)cc4)C(C)(C)O)c3n2)CCO1. The molecule has 1 fully saturated rings. The van der Waals surface area contributed by atoms with Crippen LogP contribution < -0.4 is 15.0 Å². The lowest BCUT2D eigenvalue weighted by Crippen LogP contribution is -2.48. The minimum Gasteiger partial charge on any atom is -0.406 e. The van der Waals surface area contributed by atoms with E-state index >= 15 is 0 Å². The highest BCUT2D eigenvalue weighted by atomic mass is 19.4. The van der Waals surface area contributed by atoms with Gasteiger partial charge in [-0.3, -0.25) is 4.79 Å². The molecule has 9 nitrogen and oxygen atoms in total. The van der Waals surface area contributed by atoms with E-state index in [9.17, 15) is 23.1 Å². The number of nitrogens with zero attached hydrogens (tertiary/aromatic N) is 4. The van der Waals surface area contributed by atoms with Crippen LogP contribution in [0.1, 0.15) is 49.7 Å². The molecule has 194 valence electrons. The van der Waals surface area contributed by atoms with Crippen molar-refractivity contribution >= 4 is 17.4 Å². The number of fused-ring (bicyclic) bond motifs is 1. The van der Waals surface area contributed by atoms with Crippen LogP contribution in [0.25, 0.3) is 5.65 Å². The van der Waals surface area contributed by atoms with Crippen LogP contribution in [0.2, 0.25) is 0 Å². The number of alkyl halides is 3. The summed E-state index contributed by atoms with van der Waals surface area (Å²) in [5.74, 6) is -0.273. The fourth-order valence-electron chi connectivity index (χ4n) is 4.15. The Bertz CT molecular complexity index is 1240. The summed E-state index contributed by atoms with van der Waals surface area (Å²) in [6, 6.07) is 5.84. The molecule has 3 heterocycles. The van der Waals surface area contributed by atoms with E-state index in [4.69, 9.17) is 4.74 Å². The Morgan fingerprint density at radius 3 is 2.53 bits per heavy atom. The second-order valence-electron chi connectivity index (χ2n) is 9.82. The van der Waals surface area contributed by atoms with Crippen molar-refractivity contribution in [3.63, 3.8) is 0 Å². The Labute approximate surface area is 205 Å². The van der Waals surface area contributed by atoms with Gasteiger partial charge in [0.05, 0.1) is 30.0 Å². The number of amides is 1. The number of benzene rings is 1. The number of aromatic nitrogens is 3. The fraction of sp³-hybridized carbons (Fsp3) is 0.458. The maximum absolute atomic E-state index is 13.3. The van der Waals surface area contributed by atoms with E-state index in [1.54, 1.807) is 6.20 Å². The van der Waals surface area contributed by atoms with E-state index in [1.807, 2.05) is 19.9 Å². The number of ether oxygens (including phenoxy) is 2. The van der Waals surface area contributed by atoms with Crippen LogP contribution in [0.4, 0.5) is 19.0 Å². The molecular weight excluding hydrogens is 479 g/mol. The van der Waals surface area contributed by atoms with E-state index in [-0.39, 0.29) is 11.2 Å². The second kappa shape index (κ2) is 9.25. The summed E-state index contributed by atoms with van der Waals surface area (Å²) < 4.78 is 48.6. The van der Waals surface area contributed by atoms with E-state index < -0.39 is 29.7 Å². The Morgan fingerprint density at radius 1 is 1.22 bits per heavy atom. The maximum Gasteiger partial charge on any atom is 0.573 e. The Hall–Kier alpha value is -3.38. The monoisotopic (exact) mass is 507 g/mol. The summed E-state index contributed by atoms with van der Waals surface area (Å²) in [5.41, 5.74) is -0.866. The molecule has 3 aromatic rings. The molecule has 1 aliphatic heterocycles. The molecule has 1 amide bonds. The van der Waals surface area contributed by atoms with Gasteiger partial charge in [0.2, 0.25) is 0 Å². The largest absolute Gasteiger partial charge is 0.573 e. The first-order chi connectivity index (χ1) is 16.7. The van der Waals surface area contributed by atoms with Gasteiger partial charge < -0.3 is 24.8 Å². The van der Waals surface area contributed by atoms with Gasteiger partial charge in [-0.1, -0.05) is 12.1 Å². The molecular formula is C24H28F3N5O4. The van der Waals surface area contributed by atoms with E-state index in [1.165, 1.54) is 36.7 Å². The quantitative estimate of drug-likeness (QED) is 0.527. The number of carbonyl (C=O) groups is 1. The highest BCUT2D eigenvalue weighted by molar-refractivity contribution is 6.00. The number of rotatable bonds is 6. The summed E-state index contributed by atoms with van der Waals surface area (Å²) in [6.45, 7) is 8.79. The van der Waals surface area contributed by atoms with Gasteiger partial charge in [-0.05, 0) is 51.5 Å². The third kappa shape index (κ3) is 5.88. The van der Waals surface area contributed by atoms with E-state index in [0.29, 0.717) is 36.7 Å². The molecule has 0 radical (unpaired) electrons. The van der Waals surface area contributed by atoms with Gasteiger partial charge in [-0.2, -0.15) is 5.10 Å². The minimum absolute atomic E-state index is 0.190. The molecule has 36 heavy (non-hydrogen) atoms. The molecule has 2 aromatic heterocycles. The average Bonchev–Trinajstić information content (AvgIpc) is 3.19. The van der Waals surface area contributed by atoms with Crippen LogP contribution in [0.3, 0.4) is 0 Å². The highest BCUT2D eigenvalue weighted by Crippen LogP contribution is 2.30. The third-order valence-electron chi connectivity index (χ3n) is 5.78. The van der Waals surface area contributed by atoms with Crippen LogP contribution >= 0.6 is 0 Å². The van der Waals surface area contributed by atoms with Crippen molar-refractivity contribution in [2.24, 2.45) is 0 Å². The summed E-state index contributed by atoms with van der Waals surface area (Å²) in [7, 11) is 0. The minimum atomic E-state index is -4.82. The molecule has 0 saturated carbocycles. The first-order valence-electron chi connectivity index (χ1n) is 11.3. The molecule has 1 saturated heterocycles. The molecule has 12 heteroatoms. The number of morpholine rings is 1. The number of nitrogens with one attached hydrogen (secondary N) is 1. The highest BCUT2D eigenvalue weighted by Gasteiger charge is 2.34. The first-order valence-corrected chi connectivity index (χ1v) is 11.3. The number of hydrogen-bond donors (Lipinski definition) is 2. The van der Waals surface area contributed by atoms with Crippen LogP contribution in [0.15, 0.2) is 42.7 Å². The smallest absolute Gasteiger partial charge is 0.406 e. The number of aliphatic hydroxyl groups is 1. The standard InChI is InChI=1S/C24H28F3N5O4/c1-22(2)14-31(11-12-35-22)18-9-10-32-20(29-18)17(13-28-32)21(33)30-19(23(3,4)34)15-5-7-16(8-6-15)36-24(25,26)27/h5-10,13,19,34H,11-12,14H2,1-4H3,(H,30,33)/t19-/m0/s1. The predicted molar refractivity (Wildman–Crippen MR) is 125 cm³/mol. The number of hydrogen-bond acceptors (Lipinski definition) is 7. The van der Waals surface area contributed by atoms with Gasteiger partial charge in [-0.25, -0.2) is 9.50 Å². The molecule has 1 atom stereocenters. The van der Waals surface area contributed by atoms with Crippen LogP contribution in [0.5, 0.6) is 5.75 Å². The molecule has 1 aromatic carbocycles. The number of anilines is 1. The fourth-order valence-corrected chi connectivity index (χ4v) is 4.15. The second-order valence-corrected chi connectivity index (χ2v) is 9.82. The normalized spacial score (nSPS) is 17.2. The molecule has 0 spiro atoms. The van der Waals surface area contributed by atoms with Crippen molar-refractivity contribution in [1.82, 2.24) is 19.9 Å². The molecule has 0 unspecified atom stereocenters. The zero-order chi connectivity index (χ0) is 26.3. The zero-order valence-corrected chi connectivity index (χ0v) is 20.3. The van der Waals surface area contributed by atoms with Crippen LogP contribution in [0, 0.1) is 0 Å². The lowest BCUT2D eigenvalue weighted by molar-refractivity contribution is -0.274. The lowest BCUT2D eigenvalue weighted by Gasteiger charge is -2.38. The van der Waals surface area contributed by atoms with Crippen molar-refractivity contribution in [1.29, 1.82) is 0 Å².